The number of anilines is 1. The number of methoxy groups -OCH3 is 3. The molecule has 38 heavy (non-hydrogen) atoms. The number of hydrogen-bond acceptors (Lipinski definition) is 9. The average Bonchev–Trinajstić information content (AvgIpc) is 3.61. The Morgan fingerprint density at radius 3 is 2.29 bits per heavy atom. The van der Waals surface area contributed by atoms with Crippen LogP contribution in [0.4, 0.5) is 5.13 Å². The fraction of sp³-hybridized carbons (Fsp3) is 0.308. The first-order chi connectivity index (χ1) is 18.4. The Morgan fingerprint density at radius 2 is 1.68 bits per heavy atom. The van der Waals surface area contributed by atoms with E-state index in [1.807, 2.05) is 18.2 Å². The molecule has 0 radical (unpaired) electrons. The van der Waals surface area contributed by atoms with Crippen molar-refractivity contribution < 1.29 is 31.8 Å². The Bertz CT molecular complexity index is 1440. The highest BCUT2D eigenvalue weighted by molar-refractivity contribution is 7.89. The molecule has 0 bridgehead atoms. The Labute approximate surface area is 225 Å². The normalized spacial score (nSPS) is 11.8. The van der Waals surface area contributed by atoms with Crippen molar-refractivity contribution in [3.05, 3.63) is 72.2 Å². The number of nitrogens with zero attached hydrogens (tertiary/aromatic N) is 3. The predicted octanol–water partition coefficient (Wildman–Crippen LogP) is 4.03. The van der Waals surface area contributed by atoms with Crippen molar-refractivity contribution in [2.45, 2.75) is 11.4 Å². The highest BCUT2D eigenvalue weighted by Gasteiger charge is 2.27. The van der Waals surface area contributed by atoms with Crippen molar-refractivity contribution in [1.29, 1.82) is 0 Å². The van der Waals surface area contributed by atoms with Gasteiger partial charge in [-0.1, -0.05) is 17.4 Å². The molecule has 2 aromatic heterocycles. The second-order valence-corrected chi connectivity index (χ2v) is 11.1. The smallest absolute Gasteiger partial charge is 0.260 e. The number of ether oxygens (including phenoxy) is 3. The Balaban J connectivity index is 1.65. The lowest BCUT2D eigenvalue weighted by atomic mass is 10.2. The molecule has 0 aliphatic rings. The van der Waals surface area contributed by atoms with Crippen LogP contribution in [-0.2, 0) is 26.0 Å². The zero-order valence-corrected chi connectivity index (χ0v) is 23.0. The van der Waals surface area contributed by atoms with Gasteiger partial charge in [0.05, 0.1) is 42.7 Å². The molecule has 12 heteroatoms. The van der Waals surface area contributed by atoms with Crippen LogP contribution < -0.4 is 9.64 Å². The molecule has 0 aliphatic carbocycles. The van der Waals surface area contributed by atoms with Crippen LogP contribution in [-0.4, -0.2) is 71.2 Å². The molecule has 0 spiro atoms. The number of fused-ring (bicyclic) bond motifs is 1. The molecule has 0 N–H and O–H groups in total. The molecule has 10 nitrogen and oxygen atoms in total. The van der Waals surface area contributed by atoms with Crippen LogP contribution >= 0.6 is 11.3 Å². The third-order valence-electron chi connectivity index (χ3n) is 5.79. The Hall–Kier alpha value is -3.29. The summed E-state index contributed by atoms with van der Waals surface area (Å²) < 4.78 is 49.7. The van der Waals surface area contributed by atoms with Gasteiger partial charge in [-0.25, -0.2) is 13.4 Å². The van der Waals surface area contributed by atoms with Gasteiger partial charge in [-0.05, 0) is 48.5 Å². The molecule has 4 rings (SSSR count). The lowest BCUT2D eigenvalue weighted by molar-refractivity contribution is 0.0983. The summed E-state index contributed by atoms with van der Waals surface area (Å²) in [6, 6.07) is 15.0. The zero-order chi connectivity index (χ0) is 27.1. The minimum Gasteiger partial charge on any atom is -0.494 e. The average molecular weight is 560 g/mol. The first-order valence-electron chi connectivity index (χ1n) is 11.7. The summed E-state index contributed by atoms with van der Waals surface area (Å²) in [5, 5.41) is 0.466. The maximum atomic E-state index is 13.7. The van der Waals surface area contributed by atoms with Gasteiger partial charge in [-0.2, -0.15) is 4.31 Å². The molecule has 0 fully saturated rings. The summed E-state index contributed by atoms with van der Waals surface area (Å²) >= 11 is 1.35. The molecule has 2 aromatic carbocycles. The van der Waals surface area contributed by atoms with E-state index in [2.05, 4.69) is 4.98 Å². The van der Waals surface area contributed by atoms with Crippen molar-refractivity contribution in [3.8, 4) is 5.75 Å². The lowest BCUT2D eigenvalue weighted by Crippen LogP contribution is -2.36. The molecule has 0 unspecified atom stereocenters. The summed E-state index contributed by atoms with van der Waals surface area (Å²) in [4.78, 5) is 20.0. The number of carbonyl (C=O) groups excluding carboxylic acids is 1. The quantitative estimate of drug-likeness (QED) is 0.241. The molecule has 0 atom stereocenters. The van der Waals surface area contributed by atoms with Crippen molar-refractivity contribution in [2.24, 2.45) is 0 Å². The first-order valence-corrected chi connectivity index (χ1v) is 14.0. The lowest BCUT2D eigenvalue weighted by Gasteiger charge is -2.22. The van der Waals surface area contributed by atoms with Crippen molar-refractivity contribution in [3.63, 3.8) is 0 Å². The van der Waals surface area contributed by atoms with Crippen LogP contribution in [0.1, 0.15) is 16.1 Å². The predicted molar refractivity (Wildman–Crippen MR) is 144 cm³/mol. The molecule has 202 valence electrons. The van der Waals surface area contributed by atoms with Crippen LogP contribution in [0.5, 0.6) is 5.75 Å². The van der Waals surface area contributed by atoms with Gasteiger partial charge in [0.15, 0.2) is 5.13 Å². The van der Waals surface area contributed by atoms with Crippen LogP contribution in [0.15, 0.2) is 70.2 Å². The van der Waals surface area contributed by atoms with Gasteiger partial charge in [-0.3, -0.25) is 9.69 Å². The second-order valence-electron chi connectivity index (χ2n) is 8.19. The number of benzene rings is 2. The first kappa shape index (κ1) is 27.7. The van der Waals surface area contributed by atoms with Crippen molar-refractivity contribution in [1.82, 2.24) is 9.29 Å². The van der Waals surface area contributed by atoms with Gasteiger partial charge in [0.25, 0.3) is 5.91 Å². The summed E-state index contributed by atoms with van der Waals surface area (Å²) in [5.74, 6) is 0.839. The van der Waals surface area contributed by atoms with Gasteiger partial charge >= 0.3 is 0 Å². The van der Waals surface area contributed by atoms with Gasteiger partial charge in [0, 0.05) is 32.9 Å². The summed E-state index contributed by atoms with van der Waals surface area (Å²) in [7, 11) is 0.776. The molecule has 0 saturated heterocycles. The fourth-order valence-electron chi connectivity index (χ4n) is 3.79. The van der Waals surface area contributed by atoms with E-state index >= 15 is 0 Å². The van der Waals surface area contributed by atoms with Crippen LogP contribution in [0, 0.1) is 0 Å². The molecule has 2 heterocycles. The number of carbonyl (C=O) groups is 1. The molecule has 1 amide bonds. The number of amides is 1. The standard InChI is InChI=1S/C26H29N3O7S2/c1-33-16-13-28(14-17-34-2)38(31,32)21-11-9-19(10-12-21)25(30)29(18-20-6-5-15-36-20)26-27-24-22(35-3)7-4-8-23(24)37-26/h4-12,15H,13-14,16-18H2,1-3H3. The van der Waals surface area contributed by atoms with E-state index in [9.17, 15) is 13.2 Å². The number of thiazole rings is 1. The van der Waals surface area contributed by atoms with Crippen LogP contribution in [0.25, 0.3) is 10.2 Å². The van der Waals surface area contributed by atoms with Crippen molar-refractivity contribution in [2.75, 3.05) is 52.5 Å². The highest BCUT2D eigenvalue weighted by atomic mass is 32.2. The summed E-state index contributed by atoms with van der Waals surface area (Å²) in [6.07, 6.45) is 1.54. The largest absolute Gasteiger partial charge is 0.494 e. The van der Waals surface area contributed by atoms with E-state index in [0.29, 0.717) is 27.7 Å². The van der Waals surface area contributed by atoms with Crippen molar-refractivity contribution >= 4 is 42.6 Å². The van der Waals surface area contributed by atoms with E-state index in [4.69, 9.17) is 18.6 Å². The number of rotatable bonds is 13. The SMILES string of the molecule is COCCN(CCOC)S(=O)(=O)c1ccc(C(=O)N(Cc2ccco2)c2nc3c(OC)cccc3s2)cc1. The third kappa shape index (κ3) is 6.05. The minimum atomic E-state index is -3.82. The highest BCUT2D eigenvalue weighted by Crippen LogP contribution is 2.35. The maximum Gasteiger partial charge on any atom is 0.260 e. The van der Waals surface area contributed by atoms with Gasteiger partial charge in [0.2, 0.25) is 10.0 Å². The second kappa shape index (κ2) is 12.5. The van der Waals surface area contributed by atoms with E-state index in [0.717, 1.165) is 4.70 Å². The minimum absolute atomic E-state index is 0.0727. The summed E-state index contributed by atoms with van der Waals surface area (Å²) in [6.45, 7) is 1.000. The van der Waals surface area contributed by atoms with E-state index in [1.165, 1.54) is 65.3 Å². The van der Waals surface area contributed by atoms with Crippen LogP contribution in [0.2, 0.25) is 0 Å². The van der Waals surface area contributed by atoms with E-state index < -0.39 is 10.0 Å². The van der Waals surface area contributed by atoms with Crippen LogP contribution in [0.3, 0.4) is 0 Å². The summed E-state index contributed by atoms with van der Waals surface area (Å²) in [5.41, 5.74) is 0.961. The topological polar surface area (TPSA) is 111 Å². The van der Waals surface area contributed by atoms with Gasteiger partial charge in [0.1, 0.15) is 17.0 Å². The Kier molecular flexibility index (Phi) is 9.13. The molecule has 0 aliphatic heterocycles. The fourth-order valence-corrected chi connectivity index (χ4v) is 6.18. The van der Waals surface area contributed by atoms with Gasteiger partial charge in [-0.15, -0.1) is 0 Å². The molecular weight excluding hydrogens is 530 g/mol. The Morgan fingerprint density at radius 1 is 0.974 bits per heavy atom. The molecule has 0 saturated carbocycles. The molecular formula is C26H29N3O7S2. The monoisotopic (exact) mass is 559 g/mol. The third-order valence-corrected chi connectivity index (χ3v) is 8.75. The number of para-hydroxylation sites is 1. The number of furan rings is 1. The number of hydrogen-bond donors (Lipinski definition) is 0. The molecule has 4 aromatic rings. The van der Waals surface area contributed by atoms with Gasteiger partial charge < -0.3 is 18.6 Å². The van der Waals surface area contributed by atoms with E-state index in [1.54, 1.807) is 19.2 Å². The zero-order valence-electron chi connectivity index (χ0n) is 21.3. The number of aromatic nitrogens is 1. The van der Waals surface area contributed by atoms with E-state index in [-0.39, 0.29) is 43.7 Å². The number of sulfonamides is 1. The maximum absolute atomic E-state index is 13.7.